The summed E-state index contributed by atoms with van der Waals surface area (Å²) in [5.74, 6) is -0.920. The van der Waals surface area contributed by atoms with Crippen LogP contribution >= 0.6 is 0 Å². The summed E-state index contributed by atoms with van der Waals surface area (Å²) >= 11 is 0. The number of hydrogen-bond donors (Lipinski definition) is 2. The highest BCUT2D eigenvalue weighted by atomic mass is 16.7. The maximum atomic E-state index is 10.3. The molecule has 10 heavy (non-hydrogen) atoms. The molecule has 0 saturated carbocycles. The van der Waals surface area contributed by atoms with Gasteiger partial charge in [-0.25, -0.2) is 4.79 Å². The zero-order chi connectivity index (χ0) is 7.40. The second-order valence-electron chi connectivity index (χ2n) is 2.04. The topological polar surface area (TPSA) is 58.6 Å². The summed E-state index contributed by atoms with van der Waals surface area (Å²) in [7, 11) is 0. The van der Waals surface area contributed by atoms with Crippen LogP contribution in [0.5, 0.6) is 0 Å². The van der Waals surface area contributed by atoms with E-state index in [-0.39, 0.29) is 0 Å². The highest BCUT2D eigenvalue weighted by Gasteiger charge is 2.17. The van der Waals surface area contributed by atoms with Gasteiger partial charge in [0.05, 0.1) is 0 Å². The molecule has 0 bridgehead atoms. The predicted octanol–water partition coefficient (Wildman–Crippen LogP) is 0.268. The van der Waals surface area contributed by atoms with E-state index in [1.54, 1.807) is 6.20 Å². The van der Waals surface area contributed by atoms with Gasteiger partial charge < -0.3 is 5.11 Å². The van der Waals surface area contributed by atoms with Gasteiger partial charge in [-0.05, 0) is 12.8 Å². The number of allylic oxidation sites excluding steroid dienone is 1. The van der Waals surface area contributed by atoms with E-state index in [1.807, 2.05) is 6.08 Å². The fourth-order valence-corrected chi connectivity index (χ4v) is 0.733. The molecule has 4 nitrogen and oxygen atoms in total. The van der Waals surface area contributed by atoms with Crippen LogP contribution in [0.4, 0.5) is 0 Å². The molecule has 0 aromatic carbocycles. The average Bonchev–Trinajstić information content (AvgIpc) is 2.12. The number of nitrogens with one attached hydrogen (secondary N) is 1. The Morgan fingerprint density at radius 1 is 1.80 bits per heavy atom. The molecule has 1 atom stereocenters. The third kappa shape index (κ3) is 1.73. The molecule has 0 spiro atoms. The molecule has 1 heterocycles. The Bertz CT molecular complexity index is 145. The molecule has 0 radical (unpaired) electrons. The fraction of sp³-hybridized carbons (Fsp3) is 0.500. The third-order valence-electron chi connectivity index (χ3n) is 1.27. The number of aliphatic carboxylic acids is 1. The van der Waals surface area contributed by atoms with Gasteiger partial charge in [-0.2, -0.15) is 0 Å². The molecule has 0 fully saturated rings. The van der Waals surface area contributed by atoms with Gasteiger partial charge in [-0.15, -0.1) is 0 Å². The normalized spacial score (nSPS) is 25.0. The summed E-state index contributed by atoms with van der Waals surface area (Å²) in [6.45, 7) is 0. The van der Waals surface area contributed by atoms with Gasteiger partial charge in [0, 0.05) is 6.20 Å². The summed E-state index contributed by atoms with van der Waals surface area (Å²) in [5.41, 5.74) is 2.42. The lowest BCUT2D eigenvalue weighted by Crippen LogP contribution is -2.26. The van der Waals surface area contributed by atoms with E-state index >= 15 is 0 Å². The van der Waals surface area contributed by atoms with Crippen molar-refractivity contribution >= 4 is 5.97 Å². The van der Waals surface area contributed by atoms with Gasteiger partial charge in [0.25, 0.3) is 0 Å². The van der Waals surface area contributed by atoms with Crippen molar-refractivity contribution in [3.8, 4) is 0 Å². The van der Waals surface area contributed by atoms with Crippen molar-refractivity contribution in [2.75, 3.05) is 0 Å². The van der Waals surface area contributed by atoms with E-state index < -0.39 is 12.1 Å². The van der Waals surface area contributed by atoms with Gasteiger partial charge in [0.15, 0.2) is 6.10 Å². The maximum absolute atomic E-state index is 10.3. The molecule has 0 amide bonds. The van der Waals surface area contributed by atoms with Crippen LogP contribution in [0.25, 0.3) is 0 Å². The summed E-state index contributed by atoms with van der Waals surface area (Å²) in [5, 5.41) is 8.47. The quantitative estimate of drug-likeness (QED) is 0.553. The zero-order valence-corrected chi connectivity index (χ0v) is 5.41. The van der Waals surface area contributed by atoms with Crippen LogP contribution in [-0.2, 0) is 9.63 Å². The summed E-state index contributed by atoms with van der Waals surface area (Å²) in [6.07, 6.45) is 3.99. The van der Waals surface area contributed by atoms with Crippen LogP contribution in [-0.4, -0.2) is 17.2 Å². The van der Waals surface area contributed by atoms with E-state index in [2.05, 4.69) is 5.48 Å². The lowest BCUT2D eigenvalue weighted by Gasteiger charge is -2.07. The molecule has 2 N–H and O–H groups in total. The monoisotopic (exact) mass is 143 g/mol. The predicted molar refractivity (Wildman–Crippen MR) is 34.0 cm³/mol. The van der Waals surface area contributed by atoms with Crippen LogP contribution in [0, 0.1) is 0 Å². The van der Waals surface area contributed by atoms with E-state index in [0.717, 1.165) is 6.42 Å². The van der Waals surface area contributed by atoms with Crippen molar-refractivity contribution in [3.05, 3.63) is 12.3 Å². The van der Waals surface area contributed by atoms with Crippen molar-refractivity contribution in [3.63, 3.8) is 0 Å². The first-order valence-electron chi connectivity index (χ1n) is 3.09. The Hall–Kier alpha value is -1.03. The second-order valence-corrected chi connectivity index (χ2v) is 2.04. The van der Waals surface area contributed by atoms with Crippen LogP contribution in [0.15, 0.2) is 12.3 Å². The first kappa shape index (κ1) is 7.08. The molecule has 0 saturated heterocycles. The first-order valence-corrected chi connectivity index (χ1v) is 3.09. The minimum atomic E-state index is -0.920. The highest BCUT2D eigenvalue weighted by Crippen LogP contribution is 2.04. The van der Waals surface area contributed by atoms with Gasteiger partial charge >= 0.3 is 5.97 Å². The molecule has 1 unspecified atom stereocenters. The number of hydroxylamine groups is 1. The minimum absolute atomic E-state index is 0.527. The lowest BCUT2D eigenvalue weighted by molar-refractivity contribution is -0.154. The van der Waals surface area contributed by atoms with Crippen molar-refractivity contribution in [1.82, 2.24) is 5.48 Å². The molecule has 0 aromatic rings. The second kappa shape index (κ2) is 3.22. The molecule has 1 rings (SSSR count). The van der Waals surface area contributed by atoms with Gasteiger partial charge in [-0.3, -0.25) is 10.3 Å². The molecule has 4 heteroatoms. The highest BCUT2D eigenvalue weighted by molar-refractivity contribution is 5.72. The van der Waals surface area contributed by atoms with Crippen molar-refractivity contribution in [2.24, 2.45) is 0 Å². The number of rotatable bonds is 1. The summed E-state index contributed by atoms with van der Waals surface area (Å²) < 4.78 is 0. The fourth-order valence-electron chi connectivity index (χ4n) is 0.733. The van der Waals surface area contributed by atoms with Gasteiger partial charge in [0.1, 0.15) is 0 Å². The molecule has 56 valence electrons. The Kier molecular flexibility index (Phi) is 2.28. The Balaban J connectivity index is 2.41. The number of carboxylic acids is 1. The third-order valence-corrected chi connectivity index (χ3v) is 1.27. The average molecular weight is 143 g/mol. The maximum Gasteiger partial charge on any atom is 0.335 e. The SMILES string of the molecule is O=C(O)C1CCC=CNO1. The largest absolute Gasteiger partial charge is 0.479 e. The van der Waals surface area contributed by atoms with Gasteiger partial charge in [-0.1, -0.05) is 6.08 Å². The van der Waals surface area contributed by atoms with Gasteiger partial charge in [0.2, 0.25) is 0 Å². The number of carbonyl (C=O) groups is 1. The van der Waals surface area contributed by atoms with E-state index in [0.29, 0.717) is 6.42 Å². The van der Waals surface area contributed by atoms with Crippen LogP contribution < -0.4 is 5.48 Å². The molecule has 1 aliphatic heterocycles. The molecule has 0 aliphatic carbocycles. The Morgan fingerprint density at radius 3 is 3.30 bits per heavy atom. The van der Waals surface area contributed by atoms with Crippen molar-refractivity contribution in [1.29, 1.82) is 0 Å². The summed E-state index contributed by atoms with van der Waals surface area (Å²) in [6, 6.07) is 0. The minimum Gasteiger partial charge on any atom is -0.479 e. The van der Waals surface area contributed by atoms with Crippen LogP contribution in [0.1, 0.15) is 12.8 Å². The number of carboxylic acid groups (broad SMARTS) is 1. The smallest absolute Gasteiger partial charge is 0.335 e. The number of hydrogen-bond acceptors (Lipinski definition) is 3. The summed E-state index contributed by atoms with van der Waals surface area (Å²) in [4.78, 5) is 15.0. The Labute approximate surface area is 58.4 Å². The molecular formula is C6H9NO3. The first-order chi connectivity index (χ1) is 4.80. The van der Waals surface area contributed by atoms with Crippen molar-refractivity contribution in [2.45, 2.75) is 18.9 Å². The van der Waals surface area contributed by atoms with E-state index in [1.165, 1.54) is 0 Å². The zero-order valence-electron chi connectivity index (χ0n) is 5.41. The van der Waals surface area contributed by atoms with E-state index in [4.69, 9.17) is 9.94 Å². The van der Waals surface area contributed by atoms with Crippen molar-refractivity contribution < 1.29 is 14.7 Å². The molecule has 1 aliphatic rings. The molecular weight excluding hydrogens is 134 g/mol. The lowest BCUT2D eigenvalue weighted by atomic mass is 10.2. The Morgan fingerprint density at radius 2 is 2.60 bits per heavy atom. The standard InChI is InChI=1S/C6H9NO3/c8-6(9)5-3-1-2-4-7-10-5/h2,4-5,7H,1,3H2,(H,8,9). The van der Waals surface area contributed by atoms with E-state index in [9.17, 15) is 4.79 Å². The van der Waals surface area contributed by atoms with Crippen LogP contribution in [0.3, 0.4) is 0 Å². The molecule has 0 aromatic heterocycles. The van der Waals surface area contributed by atoms with Crippen LogP contribution in [0.2, 0.25) is 0 Å².